The number of hydrogen-bond donors (Lipinski definition) is 1. The molecule has 1 N–H and O–H groups in total. The lowest BCUT2D eigenvalue weighted by atomic mass is 10.1. The summed E-state index contributed by atoms with van der Waals surface area (Å²) in [5.74, 6) is 3.85. The molecule has 0 aliphatic carbocycles. The van der Waals surface area contributed by atoms with Gasteiger partial charge in [-0.15, -0.1) is 0 Å². The lowest BCUT2D eigenvalue weighted by Gasteiger charge is -2.13. The van der Waals surface area contributed by atoms with Gasteiger partial charge < -0.3 is 14.2 Å². The molecule has 0 atom stereocenters. The van der Waals surface area contributed by atoms with Gasteiger partial charge in [-0.05, 0) is 66.8 Å². The number of ether oxygens (including phenoxy) is 3. The molecular weight excluding hydrogens is 606 g/mol. The van der Waals surface area contributed by atoms with Crippen LogP contribution >= 0.6 is 0 Å². The van der Waals surface area contributed by atoms with Gasteiger partial charge in [-0.25, -0.2) is 5.32 Å². The zero-order valence-electron chi connectivity index (χ0n) is 31.5. The molecular formula is C43H66N3O3+. The second-order valence-corrected chi connectivity index (χ2v) is 13.7. The van der Waals surface area contributed by atoms with Crippen LogP contribution in [0.15, 0.2) is 72.8 Å². The Morgan fingerprint density at radius 3 is 1.35 bits per heavy atom. The summed E-state index contributed by atoms with van der Waals surface area (Å²) in [4.78, 5) is 2.07. The average molecular weight is 673 g/mol. The summed E-state index contributed by atoms with van der Waals surface area (Å²) < 4.78 is 20.1. The summed E-state index contributed by atoms with van der Waals surface area (Å²) in [5, 5.41) is 3.47. The summed E-state index contributed by atoms with van der Waals surface area (Å²) in [6.07, 6.45) is 20.3. The van der Waals surface area contributed by atoms with E-state index in [1.54, 1.807) is 0 Å². The number of nitrogens with one attached hydrogen (secondary N) is 1. The third kappa shape index (κ3) is 17.0. The fourth-order valence-corrected chi connectivity index (χ4v) is 5.97. The van der Waals surface area contributed by atoms with Crippen molar-refractivity contribution in [1.82, 2.24) is 4.90 Å². The van der Waals surface area contributed by atoms with E-state index in [0.29, 0.717) is 0 Å². The highest BCUT2D eigenvalue weighted by atomic mass is 16.5. The van der Waals surface area contributed by atoms with Crippen LogP contribution in [0.1, 0.15) is 110 Å². The van der Waals surface area contributed by atoms with Crippen molar-refractivity contribution in [3.63, 3.8) is 0 Å². The number of benzene rings is 3. The molecule has 49 heavy (non-hydrogen) atoms. The molecule has 3 aromatic rings. The third-order valence-electron chi connectivity index (χ3n) is 8.82. The lowest BCUT2D eigenvalue weighted by molar-refractivity contribution is -0.469. The van der Waals surface area contributed by atoms with E-state index in [4.69, 9.17) is 14.2 Å². The Morgan fingerprint density at radius 1 is 0.531 bits per heavy atom. The smallest absolute Gasteiger partial charge is 0.352 e. The van der Waals surface area contributed by atoms with Crippen LogP contribution in [0, 0.1) is 0 Å². The Bertz CT molecular complexity index is 1300. The SMILES string of the molecule is CCCCCCCCCCOc1ccc(-c2ccc(OCCCCCCCCCCOc3cccc(NC(N(C)C)=[N+](C)C)c3)cc2)cc1. The summed E-state index contributed by atoms with van der Waals surface area (Å²) in [5.41, 5.74) is 3.44. The fourth-order valence-electron chi connectivity index (χ4n) is 5.97. The molecule has 0 amide bonds. The minimum absolute atomic E-state index is 0.764. The number of nitrogens with zero attached hydrogens (tertiary/aromatic N) is 2. The van der Waals surface area contributed by atoms with Gasteiger partial charge in [-0.1, -0.05) is 121 Å². The number of guanidine groups is 1. The predicted octanol–water partition coefficient (Wildman–Crippen LogP) is 11.1. The number of rotatable bonds is 25. The zero-order valence-corrected chi connectivity index (χ0v) is 31.5. The molecule has 0 aromatic heterocycles. The largest absolute Gasteiger partial charge is 0.494 e. The first kappa shape index (κ1) is 39.8. The van der Waals surface area contributed by atoms with Gasteiger partial charge in [0.15, 0.2) is 0 Å². The molecule has 0 spiro atoms. The highest BCUT2D eigenvalue weighted by Gasteiger charge is 2.12. The maximum Gasteiger partial charge on any atom is 0.352 e. The number of hydrogen-bond acceptors (Lipinski definition) is 3. The molecule has 0 saturated heterocycles. The standard InChI is InChI=1S/C43H65N3O3/c1-6-7-8-9-10-13-16-19-33-47-40-29-25-37(26-30-40)38-27-31-41(32-28-38)48-34-20-17-14-11-12-15-18-21-35-49-42-24-22-23-39(36-42)44-43(45(2)3)46(4)5/h22-32,36H,6-21,33-35H2,1-5H3/p+1. The van der Waals surface area contributed by atoms with Gasteiger partial charge in [0.25, 0.3) is 0 Å². The van der Waals surface area contributed by atoms with Gasteiger partial charge in [0.1, 0.15) is 22.9 Å². The third-order valence-corrected chi connectivity index (χ3v) is 8.82. The molecule has 0 aliphatic heterocycles. The van der Waals surface area contributed by atoms with E-state index >= 15 is 0 Å². The second kappa shape index (κ2) is 24.5. The summed E-state index contributed by atoms with van der Waals surface area (Å²) in [6.45, 7) is 4.62. The molecule has 3 rings (SSSR count). The molecule has 0 heterocycles. The van der Waals surface area contributed by atoms with Crippen LogP contribution in [0.25, 0.3) is 11.1 Å². The monoisotopic (exact) mass is 673 g/mol. The van der Waals surface area contributed by atoms with Crippen LogP contribution in [-0.2, 0) is 0 Å². The zero-order chi connectivity index (χ0) is 34.9. The predicted molar refractivity (Wildman–Crippen MR) is 209 cm³/mol. The Morgan fingerprint density at radius 2 is 0.939 bits per heavy atom. The topological polar surface area (TPSA) is 46.0 Å². The molecule has 6 heteroatoms. The molecule has 0 radical (unpaired) electrons. The molecule has 270 valence electrons. The number of unbranched alkanes of at least 4 members (excludes halogenated alkanes) is 14. The van der Waals surface area contributed by atoms with Crippen LogP contribution < -0.4 is 19.5 Å². The van der Waals surface area contributed by atoms with Crippen LogP contribution in [-0.4, -0.2) is 63.4 Å². The van der Waals surface area contributed by atoms with E-state index in [1.807, 2.05) is 40.3 Å². The van der Waals surface area contributed by atoms with Gasteiger partial charge in [-0.3, -0.25) is 9.48 Å². The van der Waals surface area contributed by atoms with Gasteiger partial charge in [0, 0.05) is 6.07 Å². The minimum atomic E-state index is 0.764. The van der Waals surface area contributed by atoms with Gasteiger partial charge in [0.05, 0.1) is 48.0 Å². The van der Waals surface area contributed by atoms with E-state index in [2.05, 4.69) is 82.4 Å². The highest BCUT2D eigenvalue weighted by Crippen LogP contribution is 2.25. The number of anilines is 1. The maximum atomic E-state index is 6.03. The van der Waals surface area contributed by atoms with Crippen molar-refractivity contribution >= 4 is 11.6 Å². The van der Waals surface area contributed by atoms with Gasteiger partial charge in [0.2, 0.25) is 0 Å². The van der Waals surface area contributed by atoms with Gasteiger partial charge in [-0.2, -0.15) is 0 Å². The molecule has 0 unspecified atom stereocenters. The Kier molecular flexibility index (Phi) is 19.9. The van der Waals surface area contributed by atoms with Crippen molar-refractivity contribution in [2.75, 3.05) is 53.3 Å². The minimum Gasteiger partial charge on any atom is -0.494 e. The van der Waals surface area contributed by atoms with Crippen LogP contribution in [0.4, 0.5) is 5.69 Å². The van der Waals surface area contributed by atoms with Crippen molar-refractivity contribution in [3.05, 3.63) is 72.8 Å². The van der Waals surface area contributed by atoms with Crippen molar-refractivity contribution in [2.45, 2.75) is 110 Å². The Balaban J connectivity index is 1.17. The first-order chi connectivity index (χ1) is 24.0. The van der Waals surface area contributed by atoms with E-state index < -0.39 is 0 Å². The Hall–Kier alpha value is -3.67. The summed E-state index contributed by atoms with van der Waals surface area (Å²) >= 11 is 0. The van der Waals surface area contributed by atoms with E-state index in [0.717, 1.165) is 68.0 Å². The van der Waals surface area contributed by atoms with Crippen molar-refractivity contribution in [3.8, 4) is 28.4 Å². The highest BCUT2D eigenvalue weighted by molar-refractivity contribution is 5.89. The molecule has 6 nitrogen and oxygen atoms in total. The van der Waals surface area contributed by atoms with E-state index in [9.17, 15) is 0 Å². The Labute approximate surface area is 298 Å². The maximum absolute atomic E-state index is 6.03. The summed E-state index contributed by atoms with van der Waals surface area (Å²) in [7, 11) is 8.14. The van der Waals surface area contributed by atoms with Gasteiger partial charge >= 0.3 is 5.96 Å². The molecule has 0 aliphatic rings. The molecule has 0 bridgehead atoms. The van der Waals surface area contributed by atoms with Crippen LogP contribution in [0.5, 0.6) is 17.2 Å². The quantitative estimate of drug-likeness (QED) is 0.0420. The second-order valence-electron chi connectivity index (χ2n) is 13.7. The van der Waals surface area contributed by atoms with Crippen LogP contribution in [0.2, 0.25) is 0 Å². The first-order valence-corrected chi connectivity index (χ1v) is 19.1. The van der Waals surface area contributed by atoms with Crippen molar-refractivity contribution < 1.29 is 18.8 Å². The van der Waals surface area contributed by atoms with Crippen LogP contribution in [0.3, 0.4) is 0 Å². The molecule has 0 saturated carbocycles. The van der Waals surface area contributed by atoms with Crippen molar-refractivity contribution in [1.29, 1.82) is 0 Å². The fraction of sp³-hybridized carbons (Fsp3) is 0.558. The molecule has 3 aromatic carbocycles. The van der Waals surface area contributed by atoms with E-state index in [1.165, 1.54) is 94.6 Å². The normalized spacial score (nSPS) is 10.9. The lowest BCUT2D eigenvalue weighted by Crippen LogP contribution is -2.36. The average Bonchev–Trinajstić information content (AvgIpc) is 3.11. The van der Waals surface area contributed by atoms with Crippen molar-refractivity contribution in [2.24, 2.45) is 0 Å². The van der Waals surface area contributed by atoms with E-state index in [-0.39, 0.29) is 0 Å². The summed E-state index contributed by atoms with van der Waals surface area (Å²) in [6, 6.07) is 25.2. The first-order valence-electron chi connectivity index (χ1n) is 19.1. The molecule has 0 fully saturated rings.